The maximum Gasteiger partial charge on any atom is 0.328 e. The lowest BCUT2D eigenvalue weighted by Crippen LogP contribution is -2.56. The van der Waals surface area contributed by atoms with E-state index in [0.29, 0.717) is 26.1 Å². The molecule has 0 spiro atoms. The average molecular weight is 325 g/mol. The van der Waals surface area contributed by atoms with Crippen LogP contribution in [0.25, 0.3) is 0 Å². The highest BCUT2D eigenvalue weighted by Gasteiger charge is 2.42. The number of aliphatic carboxylic acids is 1. The van der Waals surface area contributed by atoms with E-state index in [1.54, 1.807) is 0 Å². The molecule has 1 unspecified atom stereocenters. The Kier molecular flexibility index (Phi) is 6.06. The van der Waals surface area contributed by atoms with Gasteiger partial charge < -0.3 is 19.9 Å². The quantitative estimate of drug-likeness (QED) is 0.789. The second-order valence-corrected chi connectivity index (χ2v) is 5.40. The summed E-state index contributed by atoms with van der Waals surface area (Å²) in [6.45, 7) is -0.306. The number of carboxylic acids is 1. The van der Waals surface area contributed by atoms with Crippen molar-refractivity contribution >= 4 is 11.9 Å². The Hall–Kier alpha value is -1.99. The zero-order valence-electron chi connectivity index (χ0n) is 12.7. The predicted molar refractivity (Wildman–Crippen MR) is 79.6 cm³/mol. The molecule has 1 fully saturated rings. The zero-order valence-corrected chi connectivity index (χ0v) is 12.7. The molecule has 1 aromatic rings. The molecule has 1 aliphatic heterocycles. The molecule has 1 aromatic carbocycles. The van der Waals surface area contributed by atoms with Crippen LogP contribution in [0.4, 0.5) is 4.39 Å². The fourth-order valence-electron chi connectivity index (χ4n) is 2.39. The molecular formula is C16H20FNO5. The fraction of sp³-hybridized carbons (Fsp3) is 0.500. The number of carbonyl (C=O) groups excluding carboxylic acids is 1. The Morgan fingerprint density at radius 2 is 1.96 bits per heavy atom. The summed E-state index contributed by atoms with van der Waals surface area (Å²) in [5, 5.41) is 11.1. The minimum atomic E-state index is -1.57. The van der Waals surface area contributed by atoms with Crippen molar-refractivity contribution in [2.45, 2.75) is 31.1 Å². The number of carbonyl (C=O) groups is 2. The molecule has 0 bridgehead atoms. The molecule has 1 aliphatic rings. The maximum atomic E-state index is 12.8. The van der Waals surface area contributed by atoms with Crippen molar-refractivity contribution in [1.29, 1.82) is 0 Å². The van der Waals surface area contributed by atoms with Gasteiger partial charge in [0, 0.05) is 26.1 Å². The van der Waals surface area contributed by atoms with Gasteiger partial charge in [-0.25, -0.2) is 9.18 Å². The first kappa shape index (κ1) is 17.4. The van der Waals surface area contributed by atoms with E-state index in [4.69, 9.17) is 14.6 Å². The summed E-state index contributed by atoms with van der Waals surface area (Å²) in [4.78, 5) is 23.4. The summed E-state index contributed by atoms with van der Waals surface area (Å²) in [5.41, 5.74) is -0.303. The van der Waals surface area contributed by atoms with Crippen LogP contribution in [-0.2, 0) is 25.7 Å². The van der Waals surface area contributed by atoms with Crippen molar-refractivity contribution in [3.63, 3.8) is 0 Å². The van der Waals surface area contributed by atoms with Gasteiger partial charge in [-0.05, 0) is 5.56 Å². The first-order valence-electron chi connectivity index (χ1n) is 7.43. The molecule has 23 heavy (non-hydrogen) atoms. The molecule has 1 atom stereocenters. The third-order valence-electron chi connectivity index (χ3n) is 3.83. The topological polar surface area (TPSA) is 84.9 Å². The van der Waals surface area contributed by atoms with Gasteiger partial charge in [0.15, 0.2) is 11.6 Å². The van der Waals surface area contributed by atoms with Crippen LogP contribution in [0.2, 0.25) is 0 Å². The summed E-state index contributed by atoms with van der Waals surface area (Å²) >= 11 is 0. The van der Waals surface area contributed by atoms with Crippen LogP contribution < -0.4 is 5.32 Å². The van der Waals surface area contributed by atoms with Gasteiger partial charge in [0.2, 0.25) is 0 Å². The van der Waals surface area contributed by atoms with Crippen molar-refractivity contribution in [2.24, 2.45) is 0 Å². The molecule has 7 heteroatoms. The van der Waals surface area contributed by atoms with E-state index in [1.165, 1.54) is 0 Å². The van der Waals surface area contributed by atoms with Gasteiger partial charge in [-0.2, -0.15) is 0 Å². The third-order valence-corrected chi connectivity index (χ3v) is 3.83. The minimum Gasteiger partial charge on any atom is -0.480 e. The second-order valence-electron chi connectivity index (χ2n) is 5.40. The van der Waals surface area contributed by atoms with Gasteiger partial charge in [0.1, 0.15) is 6.67 Å². The summed E-state index contributed by atoms with van der Waals surface area (Å²) in [5.74, 6) is -2.02. The number of hydrogen-bond donors (Lipinski definition) is 2. The van der Waals surface area contributed by atoms with E-state index in [2.05, 4.69) is 5.32 Å². The van der Waals surface area contributed by atoms with Crippen LogP contribution >= 0.6 is 0 Å². The van der Waals surface area contributed by atoms with Crippen LogP contribution in [0.15, 0.2) is 30.3 Å². The van der Waals surface area contributed by atoms with Gasteiger partial charge in [-0.15, -0.1) is 0 Å². The summed E-state index contributed by atoms with van der Waals surface area (Å²) in [6.07, 6.45) is 0.592. The van der Waals surface area contributed by atoms with E-state index in [-0.39, 0.29) is 6.61 Å². The highest BCUT2D eigenvalue weighted by atomic mass is 19.1. The Balaban J connectivity index is 2.08. The number of carboxylic acid groups (broad SMARTS) is 1. The molecule has 2 N–H and O–H groups in total. The Labute approximate surface area is 133 Å². The van der Waals surface area contributed by atoms with Crippen LogP contribution in [0.1, 0.15) is 18.4 Å². The first-order chi connectivity index (χ1) is 11.1. The van der Waals surface area contributed by atoms with Crippen molar-refractivity contribution in [1.82, 2.24) is 5.32 Å². The second kappa shape index (κ2) is 8.03. The number of alkyl halides is 1. The molecule has 1 heterocycles. The van der Waals surface area contributed by atoms with E-state index >= 15 is 0 Å². The van der Waals surface area contributed by atoms with E-state index in [1.807, 2.05) is 30.3 Å². The zero-order chi connectivity index (χ0) is 16.7. The lowest BCUT2D eigenvalue weighted by atomic mass is 9.92. The van der Waals surface area contributed by atoms with Crippen LogP contribution in [0.3, 0.4) is 0 Å². The molecule has 0 aliphatic carbocycles. The van der Waals surface area contributed by atoms with Crippen LogP contribution in [0.5, 0.6) is 0 Å². The normalized spacial score (nSPS) is 18.1. The maximum absolute atomic E-state index is 12.8. The van der Waals surface area contributed by atoms with Gasteiger partial charge in [-0.1, -0.05) is 30.3 Å². The molecule has 0 aromatic heterocycles. The summed E-state index contributed by atoms with van der Waals surface area (Å²) < 4.78 is 23.8. The summed E-state index contributed by atoms with van der Waals surface area (Å²) in [7, 11) is 0. The number of hydrogen-bond acceptors (Lipinski definition) is 4. The lowest BCUT2D eigenvalue weighted by Gasteiger charge is -2.36. The smallest absolute Gasteiger partial charge is 0.328 e. The number of rotatable bonds is 7. The largest absolute Gasteiger partial charge is 0.480 e. The van der Waals surface area contributed by atoms with E-state index < -0.39 is 30.2 Å². The minimum absolute atomic E-state index is 0.210. The summed E-state index contributed by atoms with van der Waals surface area (Å²) in [6, 6.07) is 7.76. The van der Waals surface area contributed by atoms with Crippen LogP contribution in [0, 0.1) is 0 Å². The SMILES string of the molecule is O=C(O)C(CF)NC(=O)C1(OCc2ccccc2)CCOCC1. The van der Waals surface area contributed by atoms with E-state index in [0.717, 1.165) is 5.56 Å². The van der Waals surface area contributed by atoms with Crippen molar-refractivity contribution in [2.75, 3.05) is 19.9 Å². The first-order valence-corrected chi connectivity index (χ1v) is 7.43. The highest BCUT2D eigenvalue weighted by molar-refractivity contribution is 5.89. The highest BCUT2D eigenvalue weighted by Crippen LogP contribution is 2.27. The molecule has 0 saturated carbocycles. The average Bonchev–Trinajstić information content (AvgIpc) is 2.59. The fourth-order valence-corrected chi connectivity index (χ4v) is 2.39. The van der Waals surface area contributed by atoms with Gasteiger partial charge in [-0.3, -0.25) is 4.79 Å². The monoisotopic (exact) mass is 325 g/mol. The molecule has 0 radical (unpaired) electrons. The number of ether oxygens (including phenoxy) is 2. The standard InChI is InChI=1S/C16H20FNO5/c17-10-13(14(19)20)18-15(21)16(6-8-22-9-7-16)23-11-12-4-2-1-3-5-12/h1-5,13H,6-11H2,(H,18,21)(H,19,20). The Morgan fingerprint density at radius 3 is 2.52 bits per heavy atom. The molecule has 6 nitrogen and oxygen atoms in total. The predicted octanol–water partition coefficient (Wildman–Crippen LogP) is 1.29. The van der Waals surface area contributed by atoms with Gasteiger partial charge in [0.25, 0.3) is 5.91 Å². The Morgan fingerprint density at radius 1 is 1.30 bits per heavy atom. The van der Waals surface area contributed by atoms with Crippen molar-refractivity contribution < 1.29 is 28.6 Å². The number of nitrogens with one attached hydrogen (secondary N) is 1. The van der Waals surface area contributed by atoms with Gasteiger partial charge >= 0.3 is 5.97 Å². The van der Waals surface area contributed by atoms with E-state index in [9.17, 15) is 14.0 Å². The number of benzene rings is 1. The third kappa shape index (κ3) is 4.49. The van der Waals surface area contributed by atoms with Gasteiger partial charge in [0.05, 0.1) is 6.61 Å². The molecule has 1 saturated heterocycles. The molecule has 1 amide bonds. The molecule has 2 rings (SSSR count). The van der Waals surface area contributed by atoms with Crippen LogP contribution in [-0.4, -0.2) is 48.5 Å². The van der Waals surface area contributed by atoms with Crippen molar-refractivity contribution in [3.8, 4) is 0 Å². The van der Waals surface area contributed by atoms with Crippen molar-refractivity contribution in [3.05, 3.63) is 35.9 Å². The molecular weight excluding hydrogens is 305 g/mol. The number of amides is 1. The Bertz CT molecular complexity index is 531. The molecule has 126 valence electrons. The number of halogens is 1. The lowest BCUT2D eigenvalue weighted by molar-refractivity contribution is -0.166.